The zero-order valence-electron chi connectivity index (χ0n) is 11.8. The molecule has 0 bridgehead atoms. The number of aromatic nitrogens is 2. The number of nitrogens with zero attached hydrogens (tertiary/aromatic N) is 3. The zero-order chi connectivity index (χ0) is 13.7. The second kappa shape index (κ2) is 6.38. The molecule has 0 aliphatic rings. The number of para-hydroxylation sites is 1. The van der Waals surface area contributed by atoms with Crippen molar-refractivity contribution in [3.63, 3.8) is 0 Å². The van der Waals surface area contributed by atoms with Crippen molar-refractivity contribution < 1.29 is 0 Å². The average molecular weight is 255 g/mol. The number of aryl methyl sites for hydroxylation is 2. The van der Waals surface area contributed by atoms with Gasteiger partial charge in [-0.1, -0.05) is 38.7 Å². The minimum Gasteiger partial charge on any atom is -0.331 e. The predicted octanol–water partition coefficient (Wildman–Crippen LogP) is 3.96. The van der Waals surface area contributed by atoms with E-state index in [1.54, 1.807) is 0 Å². The Balaban J connectivity index is 2.12. The molecule has 1 heterocycles. The minimum atomic E-state index is 0.672. The Morgan fingerprint density at radius 2 is 2.00 bits per heavy atom. The quantitative estimate of drug-likeness (QED) is 0.733. The van der Waals surface area contributed by atoms with Crippen LogP contribution in [-0.4, -0.2) is 9.55 Å². The van der Waals surface area contributed by atoms with Crippen LogP contribution in [0.2, 0.25) is 0 Å². The molecule has 0 unspecified atom stereocenters. The molecule has 0 fully saturated rings. The van der Waals surface area contributed by atoms with Gasteiger partial charge in [0.2, 0.25) is 0 Å². The molecule has 100 valence electrons. The van der Waals surface area contributed by atoms with Gasteiger partial charge in [0.05, 0.1) is 11.1 Å². The number of nitriles is 1. The van der Waals surface area contributed by atoms with Gasteiger partial charge in [-0.2, -0.15) is 5.26 Å². The third-order valence-electron chi connectivity index (χ3n) is 3.63. The molecule has 19 heavy (non-hydrogen) atoms. The predicted molar refractivity (Wildman–Crippen MR) is 77.9 cm³/mol. The van der Waals surface area contributed by atoms with E-state index in [4.69, 9.17) is 5.26 Å². The average Bonchev–Trinajstić information content (AvgIpc) is 2.76. The first-order chi connectivity index (χ1) is 9.27. The zero-order valence-corrected chi connectivity index (χ0v) is 11.8. The number of unbranched alkanes of at least 4 members (excludes halogenated alkanes) is 4. The summed E-state index contributed by atoms with van der Waals surface area (Å²) in [5.41, 5.74) is 2.57. The van der Waals surface area contributed by atoms with Gasteiger partial charge in [0, 0.05) is 13.5 Å². The van der Waals surface area contributed by atoms with Crippen LogP contribution in [0.15, 0.2) is 18.2 Å². The van der Waals surface area contributed by atoms with Crippen LogP contribution in [0.1, 0.15) is 50.4 Å². The van der Waals surface area contributed by atoms with E-state index in [9.17, 15) is 0 Å². The first-order valence-corrected chi connectivity index (χ1v) is 7.12. The highest BCUT2D eigenvalue weighted by Crippen LogP contribution is 2.19. The Morgan fingerprint density at radius 1 is 1.21 bits per heavy atom. The lowest BCUT2D eigenvalue weighted by molar-refractivity contribution is 0.616. The maximum absolute atomic E-state index is 9.11. The molecule has 0 aliphatic carbocycles. The number of fused-ring (bicyclic) bond motifs is 1. The Kier molecular flexibility index (Phi) is 4.57. The molecule has 2 aromatic rings. The molecule has 0 N–H and O–H groups in total. The number of hydrogen-bond acceptors (Lipinski definition) is 2. The summed E-state index contributed by atoms with van der Waals surface area (Å²) < 4.78 is 2.12. The molecule has 0 saturated heterocycles. The topological polar surface area (TPSA) is 41.6 Å². The highest BCUT2D eigenvalue weighted by molar-refractivity contribution is 5.82. The van der Waals surface area contributed by atoms with Crippen LogP contribution in [-0.2, 0) is 13.5 Å². The van der Waals surface area contributed by atoms with Crippen molar-refractivity contribution in [1.82, 2.24) is 9.55 Å². The summed E-state index contributed by atoms with van der Waals surface area (Å²) in [7, 11) is 2.04. The van der Waals surface area contributed by atoms with Crippen molar-refractivity contribution in [2.45, 2.75) is 45.4 Å². The summed E-state index contributed by atoms with van der Waals surface area (Å²) in [5, 5.41) is 9.11. The summed E-state index contributed by atoms with van der Waals surface area (Å²) >= 11 is 0. The molecule has 2 rings (SSSR count). The van der Waals surface area contributed by atoms with E-state index in [-0.39, 0.29) is 0 Å². The van der Waals surface area contributed by atoms with E-state index in [1.165, 1.54) is 32.1 Å². The normalized spacial score (nSPS) is 10.8. The Hall–Kier alpha value is -1.82. The number of imidazole rings is 1. The highest BCUT2D eigenvalue weighted by Gasteiger charge is 2.10. The molecule has 1 aromatic carbocycles. The maximum Gasteiger partial charge on any atom is 0.109 e. The molecule has 0 spiro atoms. The molecule has 3 heteroatoms. The molecular formula is C16H21N3. The molecule has 1 aromatic heterocycles. The van der Waals surface area contributed by atoms with Crippen molar-refractivity contribution in [3.05, 3.63) is 29.6 Å². The lowest BCUT2D eigenvalue weighted by atomic mass is 10.1. The SMILES string of the molecule is CCCCCCCc1nc2c(C#N)cccc2n1C. The van der Waals surface area contributed by atoms with Gasteiger partial charge in [-0.3, -0.25) is 0 Å². The van der Waals surface area contributed by atoms with Gasteiger partial charge in [-0.15, -0.1) is 0 Å². The molecular weight excluding hydrogens is 234 g/mol. The highest BCUT2D eigenvalue weighted by atomic mass is 15.1. The van der Waals surface area contributed by atoms with Crippen molar-refractivity contribution in [3.8, 4) is 6.07 Å². The van der Waals surface area contributed by atoms with Gasteiger partial charge < -0.3 is 4.57 Å². The maximum atomic E-state index is 9.11. The van der Waals surface area contributed by atoms with Crippen molar-refractivity contribution in [2.75, 3.05) is 0 Å². The second-order valence-corrected chi connectivity index (χ2v) is 5.04. The molecule has 3 nitrogen and oxygen atoms in total. The molecule has 0 atom stereocenters. The van der Waals surface area contributed by atoms with Gasteiger partial charge in [0.1, 0.15) is 17.4 Å². The van der Waals surface area contributed by atoms with Crippen LogP contribution >= 0.6 is 0 Å². The Labute approximate surface area is 114 Å². The van der Waals surface area contributed by atoms with Gasteiger partial charge in [0.25, 0.3) is 0 Å². The van der Waals surface area contributed by atoms with E-state index in [2.05, 4.69) is 22.5 Å². The van der Waals surface area contributed by atoms with Crippen molar-refractivity contribution >= 4 is 11.0 Å². The van der Waals surface area contributed by atoms with E-state index < -0.39 is 0 Å². The largest absolute Gasteiger partial charge is 0.331 e. The van der Waals surface area contributed by atoms with E-state index >= 15 is 0 Å². The number of hydrogen-bond donors (Lipinski definition) is 0. The Bertz CT molecular complexity index is 590. The van der Waals surface area contributed by atoms with E-state index in [0.29, 0.717) is 5.56 Å². The van der Waals surface area contributed by atoms with Gasteiger partial charge in [-0.25, -0.2) is 4.98 Å². The van der Waals surface area contributed by atoms with Crippen molar-refractivity contribution in [2.24, 2.45) is 7.05 Å². The van der Waals surface area contributed by atoms with Gasteiger partial charge in [0.15, 0.2) is 0 Å². The number of benzene rings is 1. The second-order valence-electron chi connectivity index (χ2n) is 5.04. The molecule has 0 amide bonds. The van der Waals surface area contributed by atoms with Crippen LogP contribution in [0, 0.1) is 11.3 Å². The fourth-order valence-corrected chi connectivity index (χ4v) is 2.46. The number of rotatable bonds is 6. The van der Waals surface area contributed by atoms with Crippen molar-refractivity contribution in [1.29, 1.82) is 5.26 Å². The first-order valence-electron chi connectivity index (χ1n) is 7.12. The van der Waals surface area contributed by atoms with E-state index in [1.807, 2.05) is 25.2 Å². The summed E-state index contributed by atoms with van der Waals surface area (Å²) in [6.45, 7) is 2.23. The van der Waals surface area contributed by atoms with Gasteiger partial charge >= 0.3 is 0 Å². The molecule has 0 radical (unpaired) electrons. The fourth-order valence-electron chi connectivity index (χ4n) is 2.46. The fraction of sp³-hybridized carbons (Fsp3) is 0.500. The molecule has 0 saturated carbocycles. The Morgan fingerprint density at radius 3 is 2.74 bits per heavy atom. The summed E-state index contributed by atoms with van der Waals surface area (Å²) in [4.78, 5) is 4.64. The lowest BCUT2D eigenvalue weighted by Gasteiger charge is -2.02. The van der Waals surface area contributed by atoms with Crippen LogP contribution in [0.3, 0.4) is 0 Å². The van der Waals surface area contributed by atoms with Crippen LogP contribution in [0.4, 0.5) is 0 Å². The summed E-state index contributed by atoms with van der Waals surface area (Å²) in [5.74, 6) is 1.09. The van der Waals surface area contributed by atoms with Crippen LogP contribution in [0.25, 0.3) is 11.0 Å². The first kappa shape index (κ1) is 13.6. The monoisotopic (exact) mass is 255 g/mol. The summed E-state index contributed by atoms with van der Waals surface area (Å²) in [6.07, 6.45) is 7.35. The third-order valence-corrected chi connectivity index (χ3v) is 3.63. The van der Waals surface area contributed by atoms with Gasteiger partial charge in [-0.05, 0) is 18.6 Å². The lowest BCUT2D eigenvalue weighted by Crippen LogP contribution is -1.97. The van der Waals surface area contributed by atoms with Crippen LogP contribution in [0.5, 0.6) is 0 Å². The third kappa shape index (κ3) is 2.96. The smallest absolute Gasteiger partial charge is 0.109 e. The summed E-state index contributed by atoms with van der Waals surface area (Å²) in [6, 6.07) is 8.01. The standard InChI is InChI=1S/C16H21N3/c1-3-4-5-6-7-11-15-18-16-13(12-17)9-8-10-14(16)19(15)2/h8-10H,3-7,11H2,1-2H3. The van der Waals surface area contributed by atoms with E-state index in [0.717, 1.165) is 23.3 Å². The minimum absolute atomic E-state index is 0.672. The van der Waals surface area contributed by atoms with Crippen LogP contribution < -0.4 is 0 Å². The molecule has 0 aliphatic heterocycles.